The monoisotopic (exact) mass is 401 g/mol. The first kappa shape index (κ1) is 19.1. The van der Waals surface area contributed by atoms with E-state index < -0.39 is 16.0 Å². The molecule has 7 heteroatoms. The van der Waals surface area contributed by atoms with Gasteiger partial charge in [0.25, 0.3) is 10.0 Å². The summed E-state index contributed by atoms with van der Waals surface area (Å²) in [5.74, 6) is -0.678. The SMILES string of the molecule is COC(=O)c1scc(-c2ccccc2)c1S(=O)(=O)Nc1ccc(C)c(C)c1. The van der Waals surface area contributed by atoms with Gasteiger partial charge in [-0.1, -0.05) is 36.4 Å². The van der Waals surface area contributed by atoms with Crippen molar-refractivity contribution < 1.29 is 17.9 Å². The number of carbonyl (C=O) groups is 1. The summed E-state index contributed by atoms with van der Waals surface area (Å²) in [7, 11) is -2.77. The van der Waals surface area contributed by atoms with Crippen molar-refractivity contribution in [2.45, 2.75) is 18.7 Å². The van der Waals surface area contributed by atoms with E-state index in [4.69, 9.17) is 4.74 Å². The number of benzene rings is 2. The van der Waals surface area contributed by atoms with E-state index in [0.717, 1.165) is 22.5 Å². The smallest absolute Gasteiger partial charge is 0.349 e. The summed E-state index contributed by atoms with van der Waals surface area (Å²) in [6, 6.07) is 14.4. The van der Waals surface area contributed by atoms with Crippen LogP contribution in [0.2, 0.25) is 0 Å². The minimum atomic E-state index is -4.00. The average Bonchev–Trinajstić information content (AvgIpc) is 3.11. The first-order valence-electron chi connectivity index (χ1n) is 8.19. The Balaban J connectivity index is 2.13. The molecule has 0 unspecified atom stereocenters. The predicted molar refractivity (Wildman–Crippen MR) is 108 cm³/mol. The van der Waals surface area contributed by atoms with E-state index in [1.54, 1.807) is 29.6 Å². The van der Waals surface area contributed by atoms with E-state index in [-0.39, 0.29) is 9.77 Å². The molecule has 3 rings (SSSR count). The molecule has 140 valence electrons. The number of nitrogens with one attached hydrogen (secondary N) is 1. The lowest BCUT2D eigenvalue weighted by Gasteiger charge is -2.12. The number of hydrogen-bond donors (Lipinski definition) is 1. The number of anilines is 1. The number of rotatable bonds is 5. The molecule has 0 saturated heterocycles. The maximum Gasteiger partial charge on any atom is 0.349 e. The van der Waals surface area contributed by atoms with Gasteiger partial charge in [0.05, 0.1) is 7.11 Å². The third-order valence-electron chi connectivity index (χ3n) is 4.23. The van der Waals surface area contributed by atoms with Crippen LogP contribution in [0.1, 0.15) is 20.8 Å². The highest BCUT2D eigenvalue weighted by atomic mass is 32.2. The molecule has 0 atom stereocenters. The van der Waals surface area contributed by atoms with Crippen LogP contribution in [0.15, 0.2) is 58.8 Å². The van der Waals surface area contributed by atoms with Crippen LogP contribution in [0.3, 0.4) is 0 Å². The normalized spacial score (nSPS) is 11.2. The molecule has 0 bridgehead atoms. The summed E-state index contributed by atoms with van der Waals surface area (Å²) in [5.41, 5.74) is 3.66. The summed E-state index contributed by atoms with van der Waals surface area (Å²) in [6.07, 6.45) is 0. The Morgan fingerprint density at radius 2 is 1.74 bits per heavy atom. The van der Waals surface area contributed by atoms with E-state index in [2.05, 4.69) is 4.72 Å². The largest absolute Gasteiger partial charge is 0.465 e. The number of hydrogen-bond acceptors (Lipinski definition) is 5. The Bertz CT molecular complexity index is 1090. The molecule has 27 heavy (non-hydrogen) atoms. The molecule has 0 amide bonds. The highest BCUT2D eigenvalue weighted by Crippen LogP contribution is 2.36. The first-order chi connectivity index (χ1) is 12.8. The Morgan fingerprint density at radius 3 is 2.37 bits per heavy atom. The Kier molecular flexibility index (Phi) is 5.34. The lowest BCUT2D eigenvalue weighted by atomic mass is 10.1. The zero-order chi connectivity index (χ0) is 19.6. The van der Waals surface area contributed by atoms with Gasteiger partial charge in [0.15, 0.2) is 0 Å². The number of sulfonamides is 1. The van der Waals surface area contributed by atoms with E-state index >= 15 is 0 Å². The summed E-state index contributed by atoms with van der Waals surface area (Å²) in [5, 5.41) is 1.66. The van der Waals surface area contributed by atoms with Gasteiger partial charge in [0.2, 0.25) is 0 Å². The highest BCUT2D eigenvalue weighted by Gasteiger charge is 2.30. The Labute approximate surface area is 162 Å². The van der Waals surface area contributed by atoms with Gasteiger partial charge in [-0.25, -0.2) is 13.2 Å². The van der Waals surface area contributed by atoms with Crippen molar-refractivity contribution in [3.63, 3.8) is 0 Å². The van der Waals surface area contributed by atoms with Crippen LogP contribution >= 0.6 is 11.3 Å². The standard InChI is InChI=1S/C20H19NO4S2/c1-13-9-10-16(11-14(13)2)21-27(23,24)19-17(15-7-5-4-6-8-15)12-26-18(19)20(22)25-3/h4-12,21H,1-3H3. The molecule has 0 saturated carbocycles. The van der Waals surface area contributed by atoms with Crippen LogP contribution in [0.5, 0.6) is 0 Å². The van der Waals surface area contributed by atoms with E-state index in [1.165, 1.54) is 7.11 Å². The van der Waals surface area contributed by atoms with Crippen molar-refractivity contribution >= 4 is 33.0 Å². The lowest BCUT2D eigenvalue weighted by molar-refractivity contribution is 0.0602. The molecular formula is C20H19NO4S2. The van der Waals surface area contributed by atoms with Crippen LogP contribution in [-0.2, 0) is 14.8 Å². The molecule has 3 aromatic rings. The fraction of sp³-hybridized carbons (Fsp3) is 0.150. The molecular weight excluding hydrogens is 382 g/mol. The first-order valence-corrected chi connectivity index (χ1v) is 10.5. The van der Waals surface area contributed by atoms with Gasteiger partial charge >= 0.3 is 5.97 Å². The van der Waals surface area contributed by atoms with Crippen molar-refractivity contribution in [2.24, 2.45) is 0 Å². The average molecular weight is 402 g/mol. The molecule has 1 N–H and O–H groups in total. The molecule has 0 spiro atoms. The van der Waals surface area contributed by atoms with Gasteiger partial charge in [-0.2, -0.15) is 0 Å². The van der Waals surface area contributed by atoms with Crippen molar-refractivity contribution in [2.75, 3.05) is 11.8 Å². The Hall–Kier alpha value is -2.64. The van der Waals surface area contributed by atoms with Crippen molar-refractivity contribution in [3.05, 3.63) is 69.9 Å². The van der Waals surface area contributed by atoms with Crippen LogP contribution in [-0.4, -0.2) is 21.5 Å². The zero-order valence-corrected chi connectivity index (χ0v) is 16.8. The number of carbonyl (C=O) groups excluding carboxylic acids is 1. The lowest BCUT2D eigenvalue weighted by Crippen LogP contribution is -2.17. The topological polar surface area (TPSA) is 72.5 Å². The minimum absolute atomic E-state index is 0.0488. The number of ether oxygens (including phenoxy) is 1. The molecule has 1 heterocycles. The predicted octanol–water partition coefficient (Wildman–Crippen LogP) is 4.62. The number of esters is 1. The summed E-state index contributed by atoms with van der Waals surface area (Å²) in [6.45, 7) is 3.86. The zero-order valence-electron chi connectivity index (χ0n) is 15.1. The third kappa shape index (κ3) is 3.89. The van der Waals surface area contributed by atoms with Gasteiger partial charge in [-0.3, -0.25) is 4.72 Å². The molecule has 0 aliphatic carbocycles. The number of aryl methyl sites for hydroxylation is 2. The Morgan fingerprint density at radius 1 is 1.04 bits per heavy atom. The van der Waals surface area contributed by atoms with Crippen LogP contribution in [0, 0.1) is 13.8 Å². The summed E-state index contributed by atoms with van der Waals surface area (Å²) < 4.78 is 33.7. The quantitative estimate of drug-likeness (QED) is 0.633. The van der Waals surface area contributed by atoms with Gasteiger partial charge in [0.1, 0.15) is 9.77 Å². The second kappa shape index (κ2) is 7.54. The van der Waals surface area contributed by atoms with Crippen molar-refractivity contribution in [1.82, 2.24) is 0 Å². The minimum Gasteiger partial charge on any atom is -0.465 e. The van der Waals surface area contributed by atoms with Gasteiger partial charge in [0, 0.05) is 16.6 Å². The number of methoxy groups -OCH3 is 1. The van der Waals surface area contributed by atoms with E-state index in [0.29, 0.717) is 16.8 Å². The van der Waals surface area contributed by atoms with Gasteiger partial charge in [-0.15, -0.1) is 11.3 Å². The second-order valence-corrected chi connectivity index (χ2v) is 8.57. The molecule has 1 aromatic heterocycles. The van der Waals surface area contributed by atoms with Crippen molar-refractivity contribution in [1.29, 1.82) is 0 Å². The van der Waals surface area contributed by atoms with Crippen LogP contribution < -0.4 is 4.72 Å². The summed E-state index contributed by atoms with van der Waals surface area (Å²) in [4.78, 5) is 12.2. The molecule has 0 aliphatic heterocycles. The van der Waals surface area contributed by atoms with E-state index in [9.17, 15) is 13.2 Å². The maximum atomic E-state index is 13.2. The third-order valence-corrected chi connectivity index (χ3v) is 6.78. The van der Waals surface area contributed by atoms with Crippen molar-refractivity contribution in [3.8, 4) is 11.1 Å². The molecule has 5 nitrogen and oxygen atoms in total. The second-order valence-electron chi connectivity index (χ2n) is 6.07. The fourth-order valence-electron chi connectivity index (χ4n) is 2.68. The summed E-state index contributed by atoms with van der Waals surface area (Å²) >= 11 is 1.05. The van der Waals surface area contributed by atoms with Gasteiger partial charge < -0.3 is 4.74 Å². The molecule has 0 radical (unpaired) electrons. The van der Waals surface area contributed by atoms with Crippen LogP contribution in [0.4, 0.5) is 5.69 Å². The highest BCUT2D eigenvalue weighted by molar-refractivity contribution is 7.93. The molecule has 0 aliphatic rings. The molecule has 2 aromatic carbocycles. The van der Waals surface area contributed by atoms with Crippen LogP contribution in [0.25, 0.3) is 11.1 Å². The molecule has 0 fully saturated rings. The van der Waals surface area contributed by atoms with Gasteiger partial charge in [-0.05, 0) is 42.7 Å². The number of thiophene rings is 1. The van der Waals surface area contributed by atoms with E-state index in [1.807, 2.05) is 38.1 Å². The maximum absolute atomic E-state index is 13.2. The fourth-order valence-corrected chi connectivity index (χ4v) is 5.44.